The smallest absolute Gasteiger partial charge is 0.182 e. The van der Waals surface area contributed by atoms with Crippen molar-refractivity contribution in [2.75, 3.05) is 41.7 Å². The van der Waals surface area contributed by atoms with E-state index in [0.29, 0.717) is 92.6 Å². The summed E-state index contributed by atoms with van der Waals surface area (Å²) in [6.45, 7) is 30.2. The second-order valence-corrected chi connectivity index (χ2v) is 27.1. The molecule has 2 spiro atoms. The zero-order chi connectivity index (χ0) is 65.3. The van der Waals surface area contributed by atoms with Crippen LogP contribution in [-0.2, 0) is 42.2 Å². The van der Waals surface area contributed by atoms with E-state index in [1.807, 2.05) is 33.8 Å². The molecule has 0 bridgehead atoms. The summed E-state index contributed by atoms with van der Waals surface area (Å²) in [6.07, 6.45) is 3.60. The highest BCUT2D eigenvalue weighted by Gasteiger charge is 2.59. The van der Waals surface area contributed by atoms with E-state index in [2.05, 4.69) is 118 Å². The van der Waals surface area contributed by atoms with Crippen molar-refractivity contribution in [3.63, 3.8) is 0 Å². The molecule has 0 fully saturated rings. The quantitative estimate of drug-likeness (QED) is 0.0287. The first-order valence-corrected chi connectivity index (χ1v) is 30.3. The normalized spacial score (nSPS) is 20.0. The van der Waals surface area contributed by atoms with Crippen LogP contribution in [0.15, 0.2) is 69.2 Å². The fraction of sp³-hybridized carbons (Fsp3) is 0.444. The van der Waals surface area contributed by atoms with Gasteiger partial charge in [0.1, 0.15) is 13.2 Å². The number of rotatable bonds is 12. The molecule has 4 aliphatic carbocycles. The number of benzene rings is 6. The summed E-state index contributed by atoms with van der Waals surface area (Å²) in [5.41, 5.74) is 38.7. The van der Waals surface area contributed by atoms with Gasteiger partial charge in [-0.3, -0.25) is 0 Å². The van der Waals surface area contributed by atoms with Gasteiger partial charge < -0.3 is 80.9 Å². The van der Waals surface area contributed by atoms with Gasteiger partial charge in [0.2, 0.25) is 0 Å². The number of amidine groups is 4. The van der Waals surface area contributed by atoms with Gasteiger partial charge in [0.05, 0.1) is 50.7 Å². The summed E-state index contributed by atoms with van der Waals surface area (Å²) >= 11 is 0. The summed E-state index contributed by atoms with van der Waals surface area (Å²) in [5, 5.41) is 34.0. The highest BCUT2D eigenvalue weighted by Crippen LogP contribution is 2.68. The van der Waals surface area contributed by atoms with E-state index in [1.165, 1.54) is 33.4 Å². The van der Waals surface area contributed by atoms with E-state index in [4.69, 9.17) is 70.5 Å². The average molecular weight is 1260 g/mol. The molecule has 6 aliphatic rings. The first kappa shape index (κ1) is 67.2. The Morgan fingerprint density at radius 2 is 0.609 bits per heavy atom. The topological polar surface area (TPSA) is 286 Å². The molecule has 20 nitrogen and oxygen atoms in total. The lowest BCUT2D eigenvalue weighted by atomic mass is 9.72. The third-order valence-corrected chi connectivity index (χ3v) is 19.8. The molecular weight excluding hydrogens is 1170 g/mol. The van der Waals surface area contributed by atoms with Crippen LogP contribution in [0.25, 0.3) is 0 Å². The lowest BCUT2D eigenvalue weighted by Crippen LogP contribution is -2.27. The Bertz CT molecular complexity index is 4140. The van der Waals surface area contributed by atoms with Crippen LogP contribution in [0.1, 0.15) is 199 Å². The maximum Gasteiger partial charge on any atom is 0.182 e. The molecule has 92 heavy (non-hydrogen) atoms. The van der Waals surface area contributed by atoms with Gasteiger partial charge in [0, 0.05) is 10.8 Å². The van der Waals surface area contributed by atoms with Crippen LogP contribution in [0.4, 0.5) is 0 Å². The number of methoxy groups -OCH3 is 4. The summed E-state index contributed by atoms with van der Waals surface area (Å²) < 4.78 is 49.7. The molecule has 0 radical (unpaired) electrons. The first-order valence-electron chi connectivity index (χ1n) is 30.3. The Hall–Kier alpha value is -9.20. The van der Waals surface area contributed by atoms with Crippen molar-refractivity contribution in [2.24, 2.45) is 43.6 Å². The average Bonchev–Trinajstić information content (AvgIpc) is 1.52. The number of hydrogen-bond donors (Lipinski definition) is 6. The van der Waals surface area contributed by atoms with Crippen LogP contribution in [-0.4, -0.2) is 75.4 Å². The molecule has 0 aromatic heterocycles. The van der Waals surface area contributed by atoms with Gasteiger partial charge in [-0.25, -0.2) is 0 Å². The number of oxime groups is 4. The minimum Gasteiger partial charge on any atom is -0.493 e. The predicted octanol–water partition coefficient (Wildman–Crippen LogP) is 14.5. The molecule has 492 valence electrons. The Kier molecular flexibility index (Phi) is 17.2. The zero-order valence-electron chi connectivity index (χ0n) is 54.9. The molecule has 20 heteroatoms. The molecule has 6 aromatic carbocycles. The predicted molar refractivity (Wildman–Crippen MR) is 359 cm³/mol. The van der Waals surface area contributed by atoms with Gasteiger partial charge in [-0.2, -0.15) is 0 Å². The van der Waals surface area contributed by atoms with Crippen LogP contribution in [0.3, 0.4) is 0 Å². The summed E-state index contributed by atoms with van der Waals surface area (Å²) in [7, 11) is 6.69. The molecule has 2 aliphatic heterocycles. The summed E-state index contributed by atoms with van der Waals surface area (Å²) in [6, 6.07) is 17.0. The Balaban J connectivity index is 0.000000214. The van der Waals surface area contributed by atoms with Crippen LogP contribution in [0, 0.1) is 27.7 Å². The standard InChI is InChI=1S/C37H46N4O6.C33H38N4O6.2CH4/c1-11-44-40-33(38)29-19(3)20(4)30(34(39)41-45-12-2)32-31(29)46-27-14-22-24(16-28(27)47-32)37(18-36(22,7)8)17-35(5,6)21-13-25(42-9)26(43-10)15-23(21)37;1-15-16(2)26(30(35)37-39)28-27(25(15)29(34)36-38)42-23-10-18-20(12-24(23)43-28)33(14-32(18,5)6)13-31(3,4)17-9-21(40-7)22(41-8)11-19(17)33;;/h13-16H,11-12,17-18H2,1-10H3,(H2,38,40)(H2,39,41);9-12,38-39H,13-14H2,1-8H3,(H2,34,36)(H2,35,37);2*1H4. The van der Waals surface area contributed by atoms with E-state index in [-0.39, 0.29) is 82.2 Å². The zero-order valence-corrected chi connectivity index (χ0v) is 54.9. The SMILES string of the molecule is C.C.CCO/N=C(\N)c1c(C)c(C)c(/C(N)=N/OCC)c2c1Oc1cc3c(cc1O2)C1(CC(C)(C)c2cc(OC)c(OC)cc21)CC3(C)C.COc1cc2c(cc1OC)C1(CC2(C)C)CC(C)(C)c2cc3c(cc21)Oc1c(c(/C(N)=N/O)c(C)c(C)c1/C(N)=N/O)O3. The molecule has 0 saturated carbocycles. The Morgan fingerprint density at radius 3 is 0.848 bits per heavy atom. The van der Waals surface area contributed by atoms with E-state index in [1.54, 1.807) is 42.3 Å². The number of nitrogens with two attached hydrogens (primary N) is 4. The maximum absolute atomic E-state index is 9.63. The molecule has 10 N–H and O–H groups in total. The minimum absolute atomic E-state index is 0. The van der Waals surface area contributed by atoms with Crippen molar-refractivity contribution in [1.29, 1.82) is 0 Å². The maximum atomic E-state index is 9.63. The van der Waals surface area contributed by atoms with Gasteiger partial charge in [-0.15, -0.1) is 0 Å². The van der Waals surface area contributed by atoms with Crippen LogP contribution in [0.5, 0.6) is 69.0 Å². The van der Waals surface area contributed by atoms with Gasteiger partial charge in [0.25, 0.3) is 0 Å². The second kappa shape index (κ2) is 23.5. The number of fused-ring (bicyclic) bond motifs is 12. The van der Waals surface area contributed by atoms with Crippen molar-refractivity contribution < 1.29 is 58.0 Å². The van der Waals surface area contributed by atoms with E-state index in [0.717, 1.165) is 59.4 Å². The second-order valence-electron chi connectivity index (χ2n) is 27.1. The van der Waals surface area contributed by atoms with Crippen molar-refractivity contribution in [1.82, 2.24) is 0 Å². The molecule has 12 rings (SSSR count). The largest absolute Gasteiger partial charge is 0.493 e. The van der Waals surface area contributed by atoms with Crippen LogP contribution in [0.2, 0.25) is 0 Å². The van der Waals surface area contributed by atoms with E-state index >= 15 is 0 Å². The van der Waals surface area contributed by atoms with E-state index in [9.17, 15) is 10.4 Å². The molecule has 2 atom stereocenters. The molecule has 0 amide bonds. The highest BCUT2D eigenvalue weighted by atomic mass is 16.6. The van der Waals surface area contributed by atoms with Crippen molar-refractivity contribution in [3.8, 4) is 69.0 Å². The van der Waals surface area contributed by atoms with Crippen molar-refractivity contribution in [3.05, 3.63) is 138 Å². The number of hydrogen-bond acceptors (Lipinski definition) is 16. The first-order chi connectivity index (χ1) is 42.5. The van der Waals surface area contributed by atoms with Gasteiger partial charge >= 0.3 is 0 Å². The molecular formula is C72H92N8O12. The Morgan fingerprint density at radius 1 is 0.391 bits per heavy atom. The van der Waals surface area contributed by atoms with E-state index < -0.39 is 0 Å². The summed E-state index contributed by atoms with van der Waals surface area (Å²) in [4.78, 5) is 10.7. The lowest BCUT2D eigenvalue weighted by Gasteiger charge is -2.31. The van der Waals surface area contributed by atoms with Crippen LogP contribution >= 0.6 is 0 Å². The lowest BCUT2D eigenvalue weighted by molar-refractivity contribution is 0.158. The fourth-order valence-electron chi connectivity index (χ4n) is 16.0. The third kappa shape index (κ3) is 10.0. The van der Waals surface area contributed by atoms with Gasteiger partial charge in [-0.1, -0.05) is 90.9 Å². The molecule has 2 heterocycles. The van der Waals surface area contributed by atoms with Gasteiger partial charge in [0.15, 0.2) is 92.3 Å². The molecule has 2 unspecified atom stereocenters. The highest BCUT2D eigenvalue weighted by molar-refractivity contribution is 6.09. The fourth-order valence-corrected chi connectivity index (χ4v) is 16.0. The monoisotopic (exact) mass is 1260 g/mol. The summed E-state index contributed by atoms with van der Waals surface area (Å²) in [5.74, 6) is 6.39. The molecule has 6 aromatic rings. The van der Waals surface area contributed by atoms with Crippen LogP contribution < -0.4 is 60.8 Å². The number of ether oxygens (including phenoxy) is 8. The number of nitrogens with zero attached hydrogens (tertiary/aromatic N) is 4. The molecule has 0 saturated heterocycles. The van der Waals surface area contributed by atoms with Crippen molar-refractivity contribution >= 4 is 23.3 Å². The van der Waals surface area contributed by atoms with Crippen molar-refractivity contribution in [2.45, 2.75) is 170 Å². The van der Waals surface area contributed by atoms with Gasteiger partial charge in [-0.05, 0) is 204 Å². The third-order valence-electron chi connectivity index (χ3n) is 19.8. The Labute approximate surface area is 540 Å². The minimum atomic E-state index is -0.313.